The number of amides is 1. The molecule has 0 spiro atoms. The van der Waals surface area contributed by atoms with Gasteiger partial charge < -0.3 is 24.2 Å². The van der Waals surface area contributed by atoms with Gasteiger partial charge in [-0.15, -0.1) is 12.4 Å². The maximum atomic E-state index is 13.0. The van der Waals surface area contributed by atoms with Crippen molar-refractivity contribution in [2.45, 2.75) is 38.3 Å². The number of nitrogens with one attached hydrogen (secondary N) is 1. The summed E-state index contributed by atoms with van der Waals surface area (Å²) in [6.45, 7) is 2.92. The van der Waals surface area contributed by atoms with E-state index in [4.69, 9.17) is 14.0 Å². The van der Waals surface area contributed by atoms with Crippen molar-refractivity contribution in [1.29, 1.82) is 0 Å². The first-order valence-electron chi connectivity index (χ1n) is 8.86. The van der Waals surface area contributed by atoms with Crippen LogP contribution >= 0.6 is 12.4 Å². The van der Waals surface area contributed by atoms with Crippen molar-refractivity contribution in [2.75, 3.05) is 20.4 Å². The van der Waals surface area contributed by atoms with E-state index in [0.29, 0.717) is 41.7 Å². The second-order valence-electron chi connectivity index (χ2n) is 6.67. The van der Waals surface area contributed by atoms with Crippen LogP contribution in [-0.2, 0) is 6.42 Å². The molecule has 0 saturated carbocycles. The smallest absolute Gasteiger partial charge is 0.254 e. The lowest BCUT2D eigenvalue weighted by molar-refractivity contribution is 0.0709. The zero-order valence-electron chi connectivity index (χ0n) is 15.3. The molecule has 1 fully saturated rings. The second kappa shape index (κ2) is 8.14. The zero-order valence-corrected chi connectivity index (χ0v) is 16.1. The number of hydrogen-bond acceptors (Lipinski definition) is 7. The third-order valence-electron chi connectivity index (χ3n) is 4.88. The Labute approximate surface area is 163 Å². The highest BCUT2D eigenvalue weighted by atomic mass is 35.5. The van der Waals surface area contributed by atoms with Crippen LogP contribution in [0.1, 0.15) is 47.9 Å². The molecule has 8 nitrogen and oxygen atoms in total. The van der Waals surface area contributed by atoms with Gasteiger partial charge in [0, 0.05) is 24.6 Å². The summed E-state index contributed by atoms with van der Waals surface area (Å²) in [7, 11) is 1.90. The van der Waals surface area contributed by atoms with Gasteiger partial charge in [-0.05, 0) is 45.0 Å². The molecule has 27 heavy (non-hydrogen) atoms. The number of ether oxygens (including phenoxy) is 2. The van der Waals surface area contributed by atoms with Crippen molar-refractivity contribution in [3.05, 3.63) is 35.5 Å². The number of aromatic nitrogens is 2. The SMILES string of the molecule is CNC(C)Cc1noc(C2CCCN2C(=O)c2ccc3c(c2)OCO3)n1.Cl. The maximum Gasteiger partial charge on any atom is 0.254 e. The second-order valence-corrected chi connectivity index (χ2v) is 6.67. The van der Waals surface area contributed by atoms with Gasteiger partial charge in [-0.1, -0.05) is 5.16 Å². The summed E-state index contributed by atoms with van der Waals surface area (Å²) in [6, 6.07) is 5.34. The molecule has 2 aliphatic heterocycles. The molecular weight excluding hydrogens is 372 g/mol. The fraction of sp³-hybridized carbons (Fsp3) is 0.500. The van der Waals surface area contributed by atoms with Gasteiger partial charge in [0.2, 0.25) is 12.7 Å². The Kier molecular flexibility index (Phi) is 5.86. The highest BCUT2D eigenvalue weighted by molar-refractivity contribution is 5.95. The van der Waals surface area contributed by atoms with E-state index in [2.05, 4.69) is 22.4 Å². The van der Waals surface area contributed by atoms with Crippen LogP contribution in [0.25, 0.3) is 0 Å². The van der Waals surface area contributed by atoms with Crippen LogP contribution in [0.15, 0.2) is 22.7 Å². The molecule has 2 aromatic rings. The maximum absolute atomic E-state index is 13.0. The monoisotopic (exact) mass is 394 g/mol. The third kappa shape index (κ3) is 3.86. The Morgan fingerprint density at radius 1 is 1.37 bits per heavy atom. The fourth-order valence-corrected chi connectivity index (χ4v) is 3.32. The van der Waals surface area contributed by atoms with Gasteiger partial charge in [0.05, 0.1) is 0 Å². The van der Waals surface area contributed by atoms with E-state index in [0.717, 1.165) is 12.8 Å². The fourth-order valence-electron chi connectivity index (χ4n) is 3.32. The van der Waals surface area contributed by atoms with Crippen molar-refractivity contribution < 1.29 is 18.8 Å². The summed E-state index contributed by atoms with van der Waals surface area (Å²) in [6.07, 6.45) is 2.41. The number of likely N-dealkylation sites (N-methyl/N-ethyl adjacent to an activating group) is 1. The van der Waals surface area contributed by atoms with Crippen LogP contribution in [0, 0.1) is 0 Å². The van der Waals surface area contributed by atoms with E-state index >= 15 is 0 Å². The van der Waals surface area contributed by atoms with Crippen LogP contribution in [0.2, 0.25) is 0 Å². The molecule has 1 aromatic heterocycles. The molecule has 0 bridgehead atoms. The highest BCUT2D eigenvalue weighted by Gasteiger charge is 2.35. The summed E-state index contributed by atoms with van der Waals surface area (Å²) in [5.74, 6) is 2.38. The molecule has 3 heterocycles. The third-order valence-corrected chi connectivity index (χ3v) is 4.88. The van der Waals surface area contributed by atoms with Gasteiger partial charge in [0.25, 0.3) is 5.91 Å². The van der Waals surface area contributed by atoms with Crippen LogP contribution in [-0.4, -0.2) is 47.4 Å². The Bertz CT molecular complexity index is 812. The molecule has 0 radical (unpaired) electrons. The predicted octanol–water partition coefficient (Wildman–Crippen LogP) is 2.35. The van der Waals surface area contributed by atoms with Crippen molar-refractivity contribution in [2.24, 2.45) is 0 Å². The minimum atomic E-state index is -0.181. The molecule has 0 aliphatic carbocycles. The van der Waals surface area contributed by atoms with Gasteiger partial charge >= 0.3 is 0 Å². The van der Waals surface area contributed by atoms with Crippen LogP contribution in [0.4, 0.5) is 0 Å². The molecule has 1 amide bonds. The minimum Gasteiger partial charge on any atom is -0.454 e. The standard InChI is InChI=1S/C18H22N4O4.ClH/c1-11(19-2)8-16-20-17(26-21-16)13-4-3-7-22(13)18(23)12-5-6-14-15(9-12)25-10-24-14;/h5-6,9,11,13,19H,3-4,7-8,10H2,1-2H3;1H. The number of halogens is 1. The summed E-state index contributed by atoms with van der Waals surface area (Å²) >= 11 is 0. The van der Waals surface area contributed by atoms with E-state index in [1.54, 1.807) is 23.1 Å². The van der Waals surface area contributed by atoms with E-state index in [9.17, 15) is 4.79 Å². The zero-order chi connectivity index (χ0) is 18.1. The van der Waals surface area contributed by atoms with E-state index in [1.165, 1.54) is 0 Å². The molecular formula is C18H23ClN4O4. The van der Waals surface area contributed by atoms with Gasteiger partial charge in [-0.3, -0.25) is 4.79 Å². The number of carbonyl (C=O) groups excluding carboxylic acids is 1. The van der Waals surface area contributed by atoms with E-state index in [1.807, 2.05) is 7.05 Å². The summed E-state index contributed by atoms with van der Waals surface area (Å²) in [5, 5.41) is 7.21. The van der Waals surface area contributed by atoms with Crippen molar-refractivity contribution in [3.8, 4) is 11.5 Å². The van der Waals surface area contributed by atoms with Crippen molar-refractivity contribution in [1.82, 2.24) is 20.4 Å². The Morgan fingerprint density at radius 3 is 3.00 bits per heavy atom. The first kappa shape index (κ1) is 19.4. The van der Waals surface area contributed by atoms with Crippen molar-refractivity contribution in [3.63, 3.8) is 0 Å². The van der Waals surface area contributed by atoms with Gasteiger partial charge in [0.1, 0.15) is 6.04 Å². The first-order valence-corrected chi connectivity index (χ1v) is 8.86. The summed E-state index contributed by atoms with van der Waals surface area (Å²) < 4.78 is 16.1. The molecule has 9 heteroatoms. The van der Waals surface area contributed by atoms with Gasteiger partial charge in [-0.2, -0.15) is 4.98 Å². The Balaban J connectivity index is 0.00000210. The van der Waals surface area contributed by atoms with Gasteiger partial charge in [-0.25, -0.2) is 0 Å². The lowest BCUT2D eigenvalue weighted by Crippen LogP contribution is -2.30. The summed E-state index contributed by atoms with van der Waals surface area (Å²) in [5.41, 5.74) is 0.574. The van der Waals surface area contributed by atoms with E-state index in [-0.39, 0.29) is 37.2 Å². The highest BCUT2D eigenvalue weighted by Crippen LogP contribution is 2.36. The molecule has 1 aromatic carbocycles. The molecule has 1 saturated heterocycles. The Morgan fingerprint density at radius 2 is 2.19 bits per heavy atom. The average Bonchev–Trinajstić information content (AvgIpc) is 3.39. The van der Waals surface area contributed by atoms with E-state index < -0.39 is 0 Å². The number of rotatable bonds is 5. The number of fused-ring (bicyclic) bond motifs is 1. The predicted molar refractivity (Wildman–Crippen MR) is 99.3 cm³/mol. The molecule has 4 rings (SSSR count). The topological polar surface area (TPSA) is 89.7 Å². The number of carbonyl (C=O) groups is 1. The molecule has 146 valence electrons. The largest absolute Gasteiger partial charge is 0.454 e. The Hall–Kier alpha value is -2.32. The van der Waals surface area contributed by atoms with Crippen LogP contribution in [0.3, 0.4) is 0 Å². The van der Waals surface area contributed by atoms with Crippen LogP contribution in [0.5, 0.6) is 11.5 Å². The van der Waals surface area contributed by atoms with Crippen molar-refractivity contribution >= 4 is 18.3 Å². The quantitative estimate of drug-likeness (QED) is 0.832. The van der Waals surface area contributed by atoms with Crippen LogP contribution < -0.4 is 14.8 Å². The van der Waals surface area contributed by atoms with Gasteiger partial charge in [0.15, 0.2) is 17.3 Å². The number of benzene rings is 1. The molecule has 2 aliphatic rings. The summed E-state index contributed by atoms with van der Waals surface area (Å²) in [4.78, 5) is 19.3. The molecule has 2 atom stereocenters. The molecule has 1 N–H and O–H groups in total. The first-order chi connectivity index (χ1) is 12.7. The normalized spacial score (nSPS) is 19.0. The number of hydrogen-bond donors (Lipinski definition) is 1. The minimum absolute atomic E-state index is 0. The molecule has 2 unspecified atom stereocenters. The lowest BCUT2D eigenvalue weighted by atomic mass is 10.1. The number of likely N-dealkylation sites (tertiary alicyclic amines) is 1. The number of nitrogens with zero attached hydrogens (tertiary/aromatic N) is 3. The average molecular weight is 395 g/mol. The lowest BCUT2D eigenvalue weighted by Gasteiger charge is -2.22.